The van der Waals surface area contributed by atoms with Crippen molar-refractivity contribution >= 4 is 12.2 Å². The summed E-state index contributed by atoms with van der Waals surface area (Å²) in [5, 5.41) is 0. The van der Waals surface area contributed by atoms with Gasteiger partial charge in [-0.2, -0.15) is 0 Å². The number of rotatable bonds is 1. The van der Waals surface area contributed by atoms with Crippen molar-refractivity contribution in [2.75, 3.05) is 0 Å². The number of carbonyl (C=O) groups excluding carboxylic acids is 1. The van der Waals surface area contributed by atoms with Gasteiger partial charge in [0, 0.05) is 6.21 Å². The van der Waals surface area contributed by atoms with Crippen molar-refractivity contribution in [3.63, 3.8) is 0 Å². The zero-order valence-corrected chi connectivity index (χ0v) is 8.76. The van der Waals surface area contributed by atoms with E-state index in [2.05, 4.69) is 4.99 Å². The van der Waals surface area contributed by atoms with Gasteiger partial charge in [-0.15, -0.1) is 0 Å². The minimum absolute atomic E-state index is 0.214. The highest BCUT2D eigenvalue weighted by Crippen LogP contribution is 2.25. The van der Waals surface area contributed by atoms with Gasteiger partial charge in [0.1, 0.15) is 5.60 Å². The summed E-state index contributed by atoms with van der Waals surface area (Å²) in [5.74, 6) is -0.214. The van der Waals surface area contributed by atoms with Crippen LogP contribution in [0.2, 0.25) is 0 Å². The SMILES string of the molecule is CC(C)(C)OC(=O)C1(C)CCC=N1. The zero-order valence-electron chi connectivity index (χ0n) is 8.76. The molecule has 3 nitrogen and oxygen atoms in total. The number of hydrogen-bond donors (Lipinski definition) is 0. The lowest BCUT2D eigenvalue weighted by Crippen LogP contribution is -2.38. The first-order valence-corrected chi connectivity index (χ1v) is 4.61. The molecule has 1 aliphatic rings. The Bertz CT molecular complexity index is 240. The molecule has 0 fully saturated rings. The third-order valence-electron chi connectivity index (χ3n) is 1.98. The lowest BCUT2D eigenvalue weighted by atomic mass is 10.00. The van der Waals surface area contributed by atoms with Crippen LogP contribution in [0.4, 0.5) is 0 Å². The Labute approximate surface area is 79.2 Å². The second-order valence-electron chi connectivity index (χ2n) is 4.63. The van der Waals surface area contributed by atoms with E-state index < -0.39 is 11.1 Å². The van der Waals surface area contributed by atoms with Crippen LogP contribution in [0.25, 0.3) is 0 Å². The maximum atomic E-state index is 11.6. The molecule has 0 aromatic heterocycles. The lowest BCUT2D eigenvalue weighted by Gasteiger charge is -2.26. The minimum Gasteiger partial charge on any atom is -0.458 e. The average molecular weight is 183 g/mol. The van der Waals surface area contributed by atoms with Crippen molar-refractivity contribution in [3.8, 4) is 0 Å². The normalized spacial score (nSPS) is 27.7. The van der Waals surface area contributed by atoms with Crippen molar-refractivity contribution in [1.29, 1.82) is 0 Å². The molecule has 0 saturated carbocycles. The predicted molar refractivity (Wildman–Crippen MR) is 52.0 cm³/mol. The van der Waals surface area contributed by atoms with Crippen molar-refractivity contribution < 1.29 is 9.53 Å². The fraction of sp³-hybridized carbons (Fsp3) is 0.800. The first kappa shape index (κ1) is 10.2. The van der Waals surface area contributed by atoms with Crippen molar-refractivity contribution in [2.24, 2.45) is 4.99 Å². The molecule has 1 unspecified atom stereocenters. The Balaban J connectivity index is 2.63. The molecule has 0 bridgehead atoms. The van der Waals surface area contributed by atoms with Gasteiger partial charge in [-0.25, -0.2) is 4.79 Å². The van der Waals surface area contributed by atoms with Gasteiger partial charge in [0.15, 0.2) is 5.54 Å². The highest BCUT2D eigenvalue weighted by molar-refractivity contribution is 5.85. The summed E-state index contributed by atoms with van der Waals surface area (Å²) >= 11 is 0. The number of ether oxygens (including phenoxy) is 1. The van der Waals surface area contributed by atoms with Gasteiger partial charge in [0.05, 0.1) is 0 Å². The lowest BCUT2D eigenvalue weighted by molar-refractivity contribution is -0.160. The van der Waals surface area contributed by atoms with Crippen LogP contribution in [0.15, 0.2) is 4.99 Å². The van der Waals surface area contributed by atoms with Crippen molar-refractivity contribution in [3.05, 3.63) is 0 Å². The topological polar surface area (TPSA) is 38.7 Å². The molecule has 1 aliphatic heterocycles. The Kier molecular flexibility index (Phi) is 2.46. The van der Waals surface area contributed by atoms with Crippen molar-refractivity contribution in [2.45, 2.75) is 51.7 Å². The summed E-state index contributed by atoms with van der Waals surface area (Å²) in [6.45, 7) is 7.43. The van der Waals surface area contributed by atoms with Crippen LogP contribution < -0.4 is 0 Å². The molecule has 1 heterocycles. The largest absolute Gasteiger partial charge is 0.458 e. The van der Waals surface area contributed by atoms with E-state index in [9.17, 15) is 4.79 Å². The predicted octanol–water partition coefficient (Wildman–Crippen LogP) is 1.95. The van der Waals surface area contributed by atoms with Crippen LogP contribution in [0.5, 0.6) is 0 Å². The van der Waals surface area contributed by atoms with Gasteiger partial charge in [0.25, 0.3) is 0 Å². The van der Waals surface area contributed by atoms with Crippen LogP contribution in [0.3, 0.4) is 0 Å². The average Bonchev–Trinajstić information content (AvgIpc) is 2.33. The van der Waals surface area contributed by atoms with Crippen molar-refractivity contribution in [1.82, 2.24) is 0 Å². The molecule has 0 radical (unpaired) electrons. The second kappa shape index (κ2) is 3.13. The quantitative estimate of drug-likeness (QED) is 0.583. The molecule has 0 saturated heterocycles. The Morgan fingerprint density at radius 3 is 2.54 bits per heavy atom. The fourth-order valence-electron chi connectivity index (χ4n) is 1.22. The first-order valence-electron chi connectivity index (χ1n) is 4.61. The summed E-state index contributed by atoms with van der Waals surface area (Å²) < 4.78 is 5.27. The first-order chi connectivity index (χ1) is 5.83. The minimum atomic E-state index is -0.632. The number of carbonyl (C=O) groups is 1. The summed E-state index contributed by atoms with van der Waals surface area (Å²) in [7, 11) is 0. The smallest absolute Gasteiger partial charge is 0.334 e. The summed E-state index contributed by atoms with van der Waals surface area (Å²) in [4.78, 5) is 15.8. The van der Waals surface area contributed by atoms with Crippen LogP contribution >= 0.6 is 0 Å². The van der Waals surface area contributed by atoms with E-state index in [0.717, 1.165) is 12.8 Å². The number of esters is 1. The molecule has 0 aromatic carbocycles. The maximum Gasteiger partial charge on any atom is 0.334 e. The Hall–Kier alpha value is -0.860. The second-order valence-corrected chi connectivity index (χ2v) is 4.63. The number of nitrogens with zero attached hydrogens (tertiary/aromatic N) is 1. The standard InChI is InChI=1S/C10H17NO2/c1-9(2,3)13-8(12)10(4)6-5-7-11-10/h7H,5-6H2,1-4H3. The van der Waals surface area contributed by atoms with Gasteiger partial charge < -0.3 is 4.74 Å². The molecule has 1 atom stereocenters. The molecule has 0 aromatic rings. The van der Waals surface area contributed by atoms with E-state index in [1.165, 1.54) is 0 Å². The molecule has 74 valence electrons. The molecule has 13 heavy (non-hydrogen) atoms. The van der Waals surface area contributed by atoms with E-state index in [-0.39, 0.29) is 5.97 Å². The number of aliphatic imine (C=N–C) groups is 1. The molecule has 1 rings (SSSR count). The van der Waals surface area contributed by atoms with Crippen LogP contribution in [-0.4, -0.2) is 23.3 Å². The molecular weight excluding hydrogens is 166 g/mol. The molecule has 3 heteroatoms. The van der Waals surface area contributed by atoms with E-state index in [1.807, 2.05) is 27.7 Å². The Morgan fingerprint density at radius 2 is 2.15 bits per heavy atom. The molecule has 0 aliphatic carbocycles. The monoisotopic (exact) mass is 183 g/mol. The summed E-state index contributed by atoms with van der Waals surface area (Å²) in [6.07, 6.45) is 3.43. The summed E-state index contributed by atoms with van der Waals surface area (Å²) in [6, 6.07) is 0. The molecule has 0 N–H and O–H groups in total. The fourth-order valence-corrected chi connectivity index (χ4v) is 1.22. The van der Waals surface area contributed by atoms with Crippen LogP contribution in [0.1, 0.15) is 40.5 Å². The van der Waals surface area contributed by atoms with Gasteiger partial charge in [0.2, 0.25) is 0 Å². The van der Waals surface area contributed by atoms with Crippen LogP contribution in [0, 0.1) is 0 Å². The highest BCUT2D eigenvalue weighted by Gasteiger charge is 2.37. The van der Waals surface area contributed by atoms with Crippen LogP contribution in [-0.2, 0) is 9.53 Å². The van der Waals surface area contributed by atoms with Gasteiger partial charge in [-0.1, -0.05) is 0 Å². The zero-order chi connectivity index (χ0) is 10.1. The van der Waals surface area contributed by atoms with E-state index in [1.54, 1.807) is 6.21 Å². The maximum absolute atomic E-state index is 11.6. The molecule has 0 amide bonds. The van der Waals surface area contributed by atoms with Gasteiger partial charge in [-0.05, 0) is 40.5 Å². The van der Waals surface area contributed by atoms with E-state index in [4.69, 9.17) is 4.74 Å². The van der Waals surface area contributed by atoms with Gasteiger partial charge in [-0.3, -0.25) is 4.99 Å². The third-order valence-corrected chi connectivity index (χ3v) is 1.98. The number of hydrogen-bond acceptors (Lipinski definition) is 3. The molecule has 0 spiro atoms. The Morgan fingerprint density at radius 1 is 1.54 bits per heavy atom. The summed E-state index contributed by atoms with van der Waals surface area (Å²) in [5.41, 5.74) is -1.05. The van der Waals surface area contributed by atoms with Gasteiger partial charge >= 0.3 is 5.97 Å². The highest BCUT2D eigenvalue weighted by atomic mass is 16.6. The van der Waals surface area contributed by atoms with E-state index in [0.29, 0.717) is 0 Å². The van der Waals surface area contributed by atoms with E-state index >= 15 is 0 Å². The molecular formula is C10H17NO2. The third kappa shape index (κ3) is 2.54.